The summed E-state index contributed by atoms with van der Waals surface area (Å²) in [6.07, 6.45) is 1.42. The highest BCUT2D eigenvalue weighted by Crippen LogP contribution is 2.29. The highest BCUT2D eigenvalue weighted by molar-refractivity contribution is 7.90. The minimum atomic E-state index is -4.16. The summed E-state index contributed by atoms with van der Waals surface area (Å²) in [5.74, 6) is -2.42. The van der Waals surface area contributed by atoms with E-state index in [0.29, 0.717) is 4.83 Å². The number of hydrogen-bond acceptors (Lipinski definition) is 7. The molecule has 2 heterocycles. The van der Waals surface area contributed by atoms with Crippen LogP contribution >= 0.6 is 22.9 Å². The highest BCUT2D eigenvalue weighted by atomic mass is 35.5. The normalized spacial score (nSPS) is 11.6. The van der Waals surface area contributed by atoms with Crippen LogP contribution < -0.4 is 5.43 Å². The lowest BCUT2D eigenvalue weighted by molar-refractivity contribution is 0.0524. The first-order valence-corrected chi connectivity index (χ1v) is 15.0. The van der Waals surface area contributed by atoms with Crippen molar-refractivity contribution in [2.24, 2.45) is 0 Å². The number of ether oxygens (including phenoxy) is 1. The summed E-state index contributed by atoms with van der Waals surface area (Å²) in [6, 6.07) is 20.8. The fourth-order valence-electron chi connectivity index (χ4n) is 4.34. The minimum absolute atomic E-state index is 0.0606. The molecule has 0 radical (unpaired) electrons. The van der Waals surface area contributed by atoms with E-state index in [0.717, 1.165) is 40.2 Å². The monoisotopic (exact) mass is 596 g/mol. The van der Waals surface area contributed by atoms with Gasteiger partial charge in [-0.05, 0) is 41.8 Å². The number of fused-ring (bicyclic) bond motifs is 1. The molecule has 2 aromatic heterocycles. The van der Waals surface area contributed by atoms with E-state index in [-0.39, 0.29) is 34.3 Å². The van der Waals surface area contributed by atoms with Crippen LogP contribution in [0.5, 0.6) is 0 Å². The molecule has 0 aliphatic carbocycles. The fraction of sp³-hybridized carbons (Fsp3) is 0.138. The van der Waals surface area contributed by atoms with Gasteiger partial charge in [0, 0.05) is 17.8 Å². The number of pyridine rings is 1. The lowest BCUT2D eigenvalue weighted by Crippen LogP contribution is -2.21. The molecule has 0 saturated heterocycles. The summed E-state index contributed by atoms with van der Waals surface area (Å²) >= 11 is 6.77. The van der Waals surface area contributed by atoms with Crippen molar-refractivity contribution in [2.75, 3.05) is 6.61 Å². The lowest BCUT2D eigenvalue weighted by atomic mass is 9.99. The second kappa shape index (κ2) is 11.3. The van der Waals surface area contributed by atoms with E-state index in [9.17, 15) is 22.4 Å². The number of rotatable bonds is 8. The van der Waals surface area contributed by atoms with E-state index in [1.807, 2.05) is 54.6 Å². The standard InChI is InChI=1S/C29H22ClFN2O5S2/c1-2-38-29(35)22-16-33(15-19-10-6-7-11-21(19)18-8-4-3-5-9-18)28-26(27(22)34)32-25(39-28)17-40(36,37)24-13-12-20(30)14-23(24)31/h3-14,16H,2,15,17H2,1H3. The van der Waals surface area contributed by atoms with Crippen LogP contribution in [0.2, 0.25) is 5.02 Å². The maximum Gasteiger partial charge on any atom is 0.343 e. The van der Waals surface area contributed by atoms with Gasteiger partial charge in [0.15, 0.2) is 9.84 Å². The number of benzene rings is 3. The second-order valence-electron chi connectivity index (χ2n) is 8.84. The summed E-state index contributed by atoms with van der Waals surface area (Å²) in [5, 5.41) is 0.142. The number of carbonyl (C=O) groups is 1. The smallest absolute Gasteiger partial charge is 0.343 e. The van der Waals surface area contributed by atoms with Crippen LogP contribution in [0.4, 0.5) is 4.39 Å². The Hall–Kier alpha value is -3.86. The van der Waals surface area contributed by atoms with Crippen LogP contribution in [-0.2, 0) is 26.9 Å². The summed E-state index contributed by atoms with van der Waals surface area (Å²) in [6.45, 7) is 1.96. The van der Waals surface area contributed by atoms with E-state index >= 15 is 0 Å². The molecular weight excluding hydrogens is 575 g/mol. The summed E-state index contributed by atoms with van der Waals surface area (Å²) < 4.78 is 47.3. The van der Waals surface area contributed by atoms with Crippen LogP contribution in [0, 0.1) is 5.82 Å². The predicted molar refractivity (Wildman–Crippen MR) is 153 cm³/mol. The third kappa shape index (κ3) is 5.56. The van der Waals surface area contributed by atoms with Gasteiger partial charge in [-0.1, -0.05) is 77.5 Å². The Morgan fingerprint density at radius 1 is 1.07 bits per heavy atom. The van der Waals surface area contributed by atoms with Crippen molar-refractivity contribution in [2.45, 2.75) is 24.1 Å². The number of aromatic nitrogens is 2. The molecule has 0 saturated carbocycles. The van der Waals surface area contributed by atoms with Crippen LogP contribution in [-0.4, -0.2) is 30.5 Å². The highest BCUT2D eigenvalue weighted by Gasteiger charge is 2.25. The Labute approximate surface area is 238 Å². The molecule has 0 bridgehead atoms. The van der Waals surface area contributed by atoms with Gasteiger partial charge in [0.05, 0.1) is 6.61 Å². The van der Waals surface area contributed by atoms with Gasteiger partial charge in [-0.15, -0.1) is 0 Å². The van der Waals surface area contributed by atoms with Crippen molar-refractivity contribution in [3.63, 3.8) is 0 Å². The van der Waals surface area contributed by atoms with E-state index in [2.05, 4.69) is 4.98 Å². The molecular formula is C29H22ClFN2O5S2. The van der Waals surface area contributed by atoms with E-state index in [1.165, 1.54) is 12.3 Å². The molecule has 0 aliphatic rings. The number of carbonyl (C=O) groups excluding carboxylic acids is 1. The average molecular weight is 597 g/mol. The molecule has 204 valence electrons. The first-order chi connectivity index (χ1) is 19.2. The lowest BCUT2D eigenvalue weighted by Gasteiger charge is -2.14. The molecule has 0 N–H and O–H groups in total. The van der Waals surface area contributed by atoms with Crippen molar-refractivity contribution < 1.29 is 22.3 Å². The van der Waals surface area contributed by atoms with Crippen molar-refractivity contribution >= 4 is 49.1 Å². The maximum atomic E-state index is 14.4. The second-order valence-corrected chi connectivity index (χ2v) is 12.3. The third-order valence-electron chi connectivity index (χ3n) is 6.14. The van der Waals surface area contributed by atoms with Crippen molar-refractivity contribution in [1.29, 1.82) is 0 Å². The summed E-state index contributed by atoms with van der Waals surface area (Å²) in [4.78, 5) is 30.1. The van der Waals surface area contributed by atoms with Crippen molar-refractivity contribution in [3.8, 4) is 11.1 Å². The van der Waals surface area contributed by atoms with Gasteiger partial charge in [0.25, 0.3) is 0 Å². The summed E-state index contributed by atoms with van der Waals surface area (Å²) in [7, 11) is -4.16. The zero-order valence-electron chi connectivity index (χ0n) is 21.1. The van der Waals surface area contributed by atoms with Crippen LogP contribution in [0.3, 0.4) is 0 Å². The van der Waals surface area contributed by atoms with Crippen LogP contribution in [0.25, 0.3) is 21.5 Å². The van der Waals surface area contributed by atoms with E-state index < -0.39 is 37.7 Å². The SMILES string of the molecule is CCOC(=O)c1cn(Cc2ccccc2-c2ccccc2)c2sc(CS(=O)(=O)c3ccc(Cl)cc3F)nc2c1=O. The summed E-state index contributed by atoms with van der Waals surface area (Å²) in [5.41, 5.74) is 1.91. The molecule has 0 unspecified atom stereocenters. The molecule has 0 spiro atoms. The van der Waals surface area contributed by atoms with Gasteiger partial charge >= 0.3 is 5.97 Å². The number of hydrogen-bond donors (Lipinski definition) is 0. The van der Waals surface area contributed by atoms with Gasteiger partial charge < -0.3 is 9.30 Å². The maximum absolute atomic E-state index is 14.4. The Balaban J connectivity index is 1.63. The third-order valence-corrected chi connectivity index (χ3v) is 9.30. The molecule has 7 nitrogen and oxygen atoms in total. The number of sulfone groups is 1. The topological polar surface area (TPSA) is 95.3 Å². The molecule has 0 aliphatic heterocycles. The predicted octanol–water partition coefficient (Wildman–Crippen LogP) is 6.12. The molecule has 5 aromatic rings. The number of thiazole rings is 1. The van der Waals surface area contributed by atoms with Crippen molar-refractivity contribution in [1.82, 2.24) is 9.55 Å². The molecule has 5 rings (SSSR count). The Morgan fingerprint density at radius 3 is 2.52 bits per heavy atom. The molecule has 0 atom stereocenters. The first-order valence-electron chi connectivity index (χ1n) is 12.2. The molecule has 3 aromatic carbocycles. The van der Waals surface area contributed by atoms with Gasteiger partial charge in [-0.2, -0.15) is 0 Å². The molecule has 0 fully saturated rings. The number of nitrogens with zero attached hydrogens (tertiary/aromatic N) is 2. The quantitative estimate of drug-likeness (QED) is 0.200. The Kier molecular flexibility index (Phi) is 7.84. The van der Waals surface area contributed by atoms with Crippen molar-refractivity contribution in [3.05, 3.63) is 116 Å². The van der Waals surface area contributed by atoms with Gasteiger partial charge in [-0.3, -0.25) is 4.79 Å². The average Bonchev–Trinajstić information content (AvgIpc) is 3.34. The Bertz CT molecular complexity index is 1900. The first kappa shape index (κ1) is 27.7. The molecule has 0 amide bonds. The van der Waals surface area contributed by atoms with Crippen LogP contribution in [0.15, 0.2) is 88.7 Å². The molecule has 40 heavy (non-hydrogen) atoms. The number of esters is 1. The van der Waals surface area contributed by atoms with E-state index in [4.69, 9.17) is 16.3 Å². The fourth-order valence-corrected chi connectivity index (χ4v) is 7.21. The number of halogens is 2. The molecule has 11 heteroatoms. The van der Waals surface area contributed by atoms with Gasteiger partial charge in [0.2, 0.25) is 5.43 Å². The minimum Gasteiger partial charge on any atom is -0.462 e. The van der Waals surface area contributed by atoms with Crippen LogP contribution in [0.1, 0.15) is 27.9 Å². The van der Waals surface area contributed by atoms with Gasteiger partial charge in [0.1, 0.15) is 37.4 Å². The largest absolute Gasteiger partial charge is 0.462 e. The zero-order chi connectivity index (χ0) is 28.4. The zero-order valence-corrected chi connectivity index (χ0v) is 23.5. The van der Waals surface area contributed by atoms with E-state index in [1.54, 1.807) is 11.5 Å². The Morgan fingerprint density at radius 2 is 1.80 bits per heavy atom. The van der Waals surface area contributed by atoms with Gasteiger partial charge in [-0.25, -0.2) is 22.6 Å².